The maximum atomic E-state index is 11.7. The number of aliphatic carboxylic acids is 1. The summed E-state index contributed by atoms with van der Waals surface area (Å²) in [6, 6.07) is 0. The van der Waals surface area contributed by atoms with Crippen LogP contribution in [0.25, 0.3) is 0 Å². The lowest BCUT2D eigenvalue weighted by molar-refractivity contribution is -0.153. The topological polar surface area (TPSA) is 83.8 Å². The number of unbranched alkanes of at least 4 members (excludes halogenated alkanes) is 2. The molecule has 0 fully saturated rings. The molecule has 0 radical (unpaired) electrons. The molecule has 0 spiro atoms. The number of rotatable bonds is 12. The van der Waals surface area contributed by atoms with Gasteiger partial charge in [-0.2, -0.15) is 0 Å². The average Bonchev–Trinajstić information content (AvgIpc) is 2.41. The van der Waals surface area contributed by atoms with Crippen LogP contribution in [-0.2, 0) is 14.3 Å². The Labute approximate surface area is 120 Å². The summed E-state index contributed by atoms with van der Waals surface area (Å²) in [5.74, 6) is -2.04. The lowest BCUT2D eigenvalue weighted by Gasteiger charge is -2.13. The number of allylic oxidation sites excluding steroid dienone is 2. The summed E-state index contributed by atoms with van der Waals surface area (Å²) in [5, 5.41) is 17.4. The van der Waals surface area contributed by atoms with Crippen molar-refractivity contribution in [1.82, 2.24) is 0 Å². The van der Waals surface area contributed by atoms with Gasteiger partial charge in [0.2, 0.25) is 0 Å². The molecule has 5 heteroatoms. The van der Waals surface area contributed by atoms with Gasteiger partial charge in [0.25, 0.3) is 0 Å². The largest absolute Gasteiger partial charge is 0.481 e. The minimum atomic E-state index is -0.986. The van der Waals surface area contributed by atoms with Gasteiger partial charge in [0.15, 0.2) is 0 Å². The number of carbonyl (C=O) groups is 2. The zero-order valence-corrected chi connectivity index (χ0v) is 12.2. The number of carbonyl (C=O) groups excluding carboxylic acids is 1. The average molecular weight is 286 g/mol. The zero-order valence-electron chi connectivity index (χ0n) is 12.2. The normalized spacial score (nSPS) is 12.5. The van der Waals surface area contributed by atoms with Crippen molar-refractivity contribution in [2.45, 2.75) is 51.9 Å². The first kappa shape index (κ1) is 18.6. The first-order valence-electron chi connectivity index (χ1n) is 7.26. The minimum Gasteiger partial charge on any atom is -0.481 e. The standard InChI is InChI=1S/C15H26O5/c1-2-3-4-5-6-7-9-13(12-14(17)18)15(19)20-11-8-10-16/h3-4,13,16H,2,5-12H2,1H3,(H,17,18)/b4-3+. The van der Waals surface area contributed by atoms with Crippen molar-refractivity contribution in [1.29, 1.82) is 0 Å². The van der Waals surface area contributed by atoms with E-state index in [1.165, 1.54) is 0 Å². The number of carboxylic acids is 1. The second-order valence-electron chi connectivity index (χ2n) is 4.70. The minimum absolute atomic E-state index is 0.0410. The number of hydrogen-bond acceptors (Lipinski definition) is 4. The highest BCUT2D eigenvalue weighted by Gasteiger charge is 2.22. The Hall–Kier alpha value is -1.36. The summed E-state index contributed by atoms with van der Waals surface area (Å²) in [7, 11) is 0. The van der Waals surface area contributed by atoms with Crippen LogP contribution in [0.3, 0.4) is 0 Å². The van der Waals surface area contributed by atoms with E-state index in [2.05, 4.69) is 19.1 Å². The van der Waals surface area contributed by atoms with Crippen molar-refractivity contribution in [2.24, 2.45) is 5.92 Å². The van der Waals surface area contributed by atoms with Crippen LogP contribution in [0.4, 0.5) is 0 Å². The first-order chi connectivity index (χ1) is 9.61. The predicted molar refractivity (Wildman–Crippen MR) is 76.3 cm³/mol. The van der Waals surface area contributed by atoms with Crippen molar-refractivity contribution < 1.29 is 24.5 Å². The quantitative estimate of drug-likeness (QED) is 0.327. The molecule has 0 heterocycles. The predicted octanol–water partition coefficient (Wildman–Crippen LogP) is 2.53. The highest BCUT2D eigenvalue weighted by Crippen LogP contribution is 2.16. The molecule has 0 rings (SSSR count). The molecule has 0 bridgehead atoms. The third-order valence-electron chi connectivity index (χ3n) is 2.88. The van der Waals surface area contributed by atoms with E-state index in [1.54, 1.807) is 0 Å². The summed E-state index contributed by atoms with van der Waals surface area (Å²) in [6.45, 7) is 2.17. The van der Waals surface area contributed by atoms with Gasteiger partial charge in [-0.1, -0.05) is 25.5 Å². The first-order valence-corrected chi connectivity index (χ1v) is 7.26. The molecule has 0 aromatic rings. The molecular formula is C15H26O5. The van der Waals surface area contributed by atoms with Gasteiger partial charge in [-0.3, -0.25) is 9.59 Å². The number of carboxylic acid groups (broad SMARTS) is 1. The highest BCUT2D eigenvalue weighted by molar-refractivity contribution is 5.79. The molecule has 5 nitrogen and oxygen atoms in total. The van der Waals surface area contributed by atoms with Crippen molar-refractivity contribution in [2.75, 3.05) is 13.2 Å². The smallest absolute Gasteiger partial charge is 0.309 e. The molecule has 0 aliphatic heterocycles. The Bertz CT molecular complexity index is 299. The summed E-state index contributed by atoms with van der Waals surface area (Å²) in [5.41, 5.74) is 0. The van der Waals surface area contributed by atoms with Crippen LogP contribution < -0.4 is 0 Å². The maximum absolute atomic E-state index is 11.7. The molecular weight excluding hydrogens is 260 g/mol. The lowest BCUT2D eigenvalue weighted by atomic mass is 9.98. The Balaban J connectivity index is 4.03. The molecule has 0 aromatic heterocycles. The monoisotopic (exact) mass is 286 g/mol. The molecule has 1 atom stereocenters. The molecule has 0 saturated heterocycles. The fourth-order valence-corrected chi connectivity index (χ4v) is 1.81. The Morgan fingerprint density at radius 1 is 1.20 bits per heavy atom. The summed E-state index contributed by atoms with van der Waals surface area (Å²) >= 11 is 0. The zero-order chi connectivity index (χ0) is 15.2. The third kappa shape index (κ3) is 10.6. The van der Waals surface area contributed by atoms with Gasteiger partial charge in [0.1, 0.15) is 0 Å². The fraction of sp³-hybridized carbons (Fsp3) is 0.733. The van der Waals surface area contributed by atoms with E-state index in [9.17, 15) is 9.59 Å². The summed E-state index contributed by atoms with van der Waals surface area (Å²) in [4.78, 5) is 22.5. The van der Waals surface area contributed by atoms with Crippen LogP contribution >= 0.6 is 0 Å². The molecule has 0 aromatic carbocycles. The van der Waals surface area contributed by atoms with E-state index < -0.39 is 17.9 Å². The van der Waals surface area contributed by atoms with Crippen LogP contribution in [0.1, 0.15) is 51.9 Å². The SMILES string of the molecule is CC/C=C/CCCCC(CC(=O)O)C(=O)OCCCO. The molecule has 116 valence electrons. The number of ether oxygens (including phenoxy) is 1. The van der Waals surface area contributed by atoms with Crippen molar-refractivity contribution in [3.05, 3.63) is 12.2 Å². The highest BCUT2D eigenvalue weighted by atomic mass is 16.5. The fourth-order valence-electron chi connectivity index (χ4n) is 1.81. The van der Waals surface area contributed by atoms with Crippen LogP contribution in [0, 0.1) is 5.92 Å². The Morgan fingerprint density at radius 3 is 2.55 bits per heavy atom. The third-order valence-corrected chi connectivity index (χ3v) is 2.88. The number of hydrogen-bond donors (Lipinski definition) is 2. The van der Waals surface area contributed by atoms with Gasteiger partial charge in [-0.15, -0.1) is 0 Å². The van der Waals surface area contributed by atoms with Gasteiger partial charge in [-0.25, -0.2) is 0 Å². The molecule has 0 aliphatic carbocycles. The molecule has 0 aliphatic rings. The summed E-state index contributed by atoms with van der Waals surface area (Å²) in [6.07, 6.45) is 8.63. The van der Waals surface area contributed by atoms with Crippen molar-refractivity contribution >= 4 is 11.9 Å². The molecule has 20 heavy (non-hydrogen) atoms. The van der Waals surface area contributed by atoms with E-state index in [0.29, 0.717) is 12.8 Å². The van der Waals surface area contributed by atoms with Crippen molar-refractivity contribution in [3.8, 4) is 0 Å². The van der Waals surface area contributed by atoms with Crippen LogP contribution in [0.5, 0.6) is 0 Å². The number of aliphatic hydroxyl groups excluding tert-OH is 1. The lowest BCUT2D eigenvalue weighted by Crippen LogP contribution is -2.21. The molecule has 0 amide bonds. The van der Waals surface area contributed by atoms with Crippen molar-refractivity contribution in [3.63, 3.8) is 0 Å². The van der Waals surface area contributed by atoms with Gasteiger partial charge >= 0.3 is 11.9 Å². The molecule has 2 N–H and O–H groups in total. The van der Waals surface area contributed by atoms with Crippen LogP contribution in [-0.4, -0.2) is 35.4 Å². The van der Waals surface area contributed by atoms with Gasteiger partial charge in [0.05, 0.1) is 18.9 Å². The second kappa shape index (κ2) is 12.7. The number of esters is 1. The molecule has 0 saturated carbocycles. The summed E-state index contributed by atoms with van der Waals surface area (Å²) < 4.78 is 4.96. The second-order valence-corrected chi connectivity index (χ2v) is 4.70. The van der Waals surface area contributed by atoms with Gasteiger partial charge in [0, 0.05) is 13.0 Å². The maximum Gasteiger partial charge on any atom is 0.309 e. The van der Waals surface area contributed by atoms with Gasteiger partial charge < -0.3 is 14.9 Å². The molecule has 1 unspecified atom stereocenters. The van der Waals surface area contributed by atoms with E-state index in [1.807, 2.05) is 0 Å². The van der Waals surface area contributed by atoms with Gasteiger partial charge in [-0.05, 0) is 25.7 Å². The van der Waals surface area contributed by atoms with E-state index >= 15 is 0 Å². The van der Waals surface area contributed by atoms with E-state index in [-0.39, 0.29) is 19.6 Å². The number of aliphatic hydroxyl groups is 1. The Kier molecular flexibility index (Phi) is 11.8. The Morgan fingerprint density at radius 2 is 1.95 bits per heavy atom. The van der Waals surface area contributed by atoms with Crippen LogP contribution in [0.15, 0.2) is 12.2 Å². The van der Waals surface area contributed by atoms with E-state index in [4.69, 9.17) is 14.9 Å². The van der Waals surface area contributed by atoms with E-state index in [0.717, 1.165) is 25.7 Å². The van der Waals surface area contributed by atoms with Crippen LogP contribution in [0.2, 0.25) is 0 Å².